The van der Waals surface area contributed by atoms with E-state index in [2.05, 4.69) is 4.98 Å². The van der Waals surface area contributed by atoms with E-state index in [0.29, 0.717) is 57.1 Å². The van der Waals surface area contributed by atoms with Crippen molar-refractivity contribution in [1.29, 1.82) is 0 Å². The molecular formula is C26H23NO6. The normalized spacial score (nSPS) is 10.8. The van der Waals surface area contributed by atoms with Crippen LogP contribution in [0.1, 0.15) is 28.8 Å². The molecule has 0 spiro atoms. The topological polar surface area (TPSA) is 87.9 Å². The first-order chi connectivity index (χ1) is 15.9. The minimum atomic E-state index is -0.525. The number of esters is 1. The molecule has 0 amide bonds. The molecule has 0 aliphatic carbocycles. The van der Waals surface area contributed by atoms with Crippen LogP contribution in [0.15, 0.2) is 64.1 Å². The zero-order valence-corrected chi connectivity index (χ0v) is 18.8. The van der Waals surface area contributed by atoms with Gasteiger partial charge in [0, 0.05) is 12.4 Å². The molecule has 168 valence electrons. The molecule has 4 aromatic rings. The average Bonchev–Trinajstić information content (AvgIpc) is 3.03. The van der Waals surface area contributed by atoms with Crippen LogP contribution in [-0.4, -0.2) is 24.7 Å². The van der Waals surface area contributed by atoms with Crippen molar-refractivity contribution >= 4 is 16.7 Å². The standard InChI is InChI=1S/C26H23NO6/c1-5-31-23-14-19(12-20(28)24-15(2)32-16(3)25(23)24)18-6-7-21(22(13-18)30-4)33-26(29)17-8-10-27-11-9-17/h6-14H,5H2,1-4H3. The number of benzene rings is 1. The average molecular weight is 445 g/mol. The smallest absolute Gasteiger partial charge is 0.343 e. The second-order valence-electron chi connectivity index (χ2n) is 7.36. The highest BCUT2D eigenvalue weighted by molar-refractivity contribution is 5.93. The highest BCUT2D eigenvalue weighted by Crippen LogP contribution is 2.36. The molecule has 2 heterocycles. The highest BCUT2D eigenvalue weighted by atomic mass is 16.6. The summed E-state index contributed by atoms with van der Waals surface area (Å²) in [6.07, 6.45) is 3.03. The van der Waals surface area contributed by atoms with Gasteiger partial charge < -0.3 is 18.6 Å². The predicted molar refractivity (Wildman–Crippen MR) is 124 cm³/mol. The van der Waals surface area contributed by atoms with Gasteiger partial charge in [-0.3, -0.25) is 9.78 Å². The van der Waals surface area contributed by atoms with Gasteiger partial charge >= 0.3 is 5.97 Å². The number of carbonyl (C=O) groups is 1. The Hall–Kier alpha value is -4.13. The molecule has 0 saturated heterocycles. The number of furan rings is 1. The molecule has 0 bridgehead atoms. The van der Waals surface area contributed by atoms with Crippen LogP contribution in [0.5, 0.6) is 17.2 Å². The van der Waals surface area contributed by atoms with Gasteiger partial charge in [0.15, 0.2) is 16.9 Å². The maximum Gasteiger partial charge on any atom is 0.343 e. The minimum absolute atomic E-state index is 0.174. The Morgan fingerprint density at radius 3 is 2.30 bits per heavy atom. The Balaban J connectivity index is 1.80. The van der Waals surface area contributed by atoms with E-state index < -0.39 is 5.97 Å². The number of carbonyl (C=O) groups excluding carboxylic acids is 1. The number of hydrogen-bond acceptors (Lipinski definition) is 7. The summed E-state index contributed by atoms with van der Waals surface area (Å²) in [5, 5.41) is 1.16. The Bertz CT molecular complexity index is 1390. The van der Waals surface area contributed by atoms with Gasteiger partial charge in [0.05, 0.1) is 30.1 Å². The second-order valence-corrected chi connectivity index (χ2v) is 7.36. The fraction of sp³-hybridized carbons (Fsp3) is 0.192. The molecule has 2 aromatic heterocycles. The largest absolute Gasteiger partial charge is 0.493 e. The maximum absolute atomic E-state index is 13.1. The monoisotopic (exact) mass is 445 g/mol. The van der Waals surface area contributed by atoms with Gasteiger partial charge in [-0.15, -0.1) is 0 Å². The number of aromatic nitrogens is 1. The summed E-state index contributed by atoms with van der Waals surface area (Å²) in [5.74, 6) is 1.83. The first-order valence-electron chi connectivity index (χ1n) is 10.4. The Labute approximate surface area is 190 Å². The van der Waals surface area contributed by atoms with E-state index in [0.717, 1.165) is 0 Å². The highest BCUT2D eigenvalue weighted by Gasteiger charge is 2.18. The number of methoxy groups -OCH3 is 1. The van der Waals surface area contributed by atoms with E-state index >= 15 is 0 Å². The third-order valence-electron chi connectivity index (χ3n) is 5.24. The predicted octanol–water partition coefficient (Wildman–Crippen LogP) is 5.10. The quantitative estimate of drug-likeness (QED) is 0.301. The molecule has 7 nitrogen and oxygen atoms in total. The molecule has 4 rings (SSSR count). The number of fused-ring (bicyclic) bond motifs is 1. The Morgan fingerprint density at radius 1 is 0.909 bits per heavy atom. The van der Waals surface area contributed by atoms with Crippen molar-refractivity contribution in [2.24, 2.45) is 0 Å². The Morgan fingerprint density at radius 2 is 1.61 bits per heavy atom. The summed E-state index contributed by atoms with van der Waals surface area (Å²) in [5.41, 5.74) is 1.55. The first-order valence-corrected chi connectivity index (χ1v) is 10.4. The van der Waals surface area contributed by atoms with Crippen LogP contribution in [0.4, 0.5) is 0 Å². The van der Waals surface area contributed by atoms with Gasteiger partial charge in [0.25, 0.3) is 0 Å². The molecule has 0 unspecified atom stereocenters. The molecule has 33 heavy (non-hydrogen) atoms. The van der Waals surface area contributed by atoms with E-state index in [-0.39, 0.29) is 11.2 Å². The fourth-order valence-electron chi connectivity index (χ4n) is 3.76. The molecule has 0 saturated carbocycles. The number of hydrogen-bond donors (Lipinski definition) is 0. The second kappa shape index (κ2) is 9.16. The first kappa shape index (κ1) is 22.1. The molecular weight excluding hydrogens is 422 g/mol. The van der Waals surface area contributed by atoms with Crippen molar-refractivity contribution in [2.75, 3.05) is 13.7 Å². The zero-order chi connectivity index (χ0) is 23.5. The van der Waals surface area contributed by atoms with Gasteiger partial charge in [0.2, 0.25) is 0 Å². The lowest BCUT2D eigenvalue weighted by Crippen LogP contribution is -2.09. The summed E-state index contributed by atoms with van der Waals surface area (Å²) >= 11 is 0. The van der Waals surface area contributed by atoms with Crippen LogP contribution in [-0.2, 0) is 0 Å². The summed E-state index contributed by atoms with van der Waals surface area (Å²) in [6, 6.07) is 11.6. The van der Waals surface area contributed by atoms with E-state index in [1.807, 2.05) is 19.9 Å². The molecule has 0 radical (unpaired) electrons. The number of pyridine rings is 1. The van der Waals surface area contributed by atoms with E-state index in [1.54, 1.807) is 43.3 Å². The zero-order valence-electron chi connectivity index (χ0n) is 18.8. The third kappa shape index (κ3) is 4.30. The fourth-order valence-corrected chi connectivity index (χ4v) is 3.76. The minimum Gasteiger partial charge on any atom is -0.493 e. The molecule has 0 atom stereocenters. The number of ether oxygens (including phenoxy) is 3. The summed E-state index contributed by atoms with van der Waals surface area (Å²) in [4.78, 5) is 29.4. The molecule has 0 fully saturated rings. The number of rotatable bonds is 6. The number of nitrogens with zero attached hydrogens (tertiary/aromatic N) is 1. The van der Waals surface area contributed by atoms with Gasteiger partial charge in [-0.25, -0.2) is 4.79 Å². The molecule has 0 aliphatic heterocycles. The van der Waals surface area contributed by atoms with Crippen molar-refractivity contribution in [2.45, 2.75) is 20.8 Å². The lowest BCUT2D eigenvalue weighted by molar-refractivity contribution is 0.0729. The number of aryl methyl sites for hydroxylation is 2. The van der Waals surface area contributed by atoms with Gasteiger partial charge in [0.1, 0.15) is 17.3 Å². The van der Waals surface area contributed by atoms with Gasteiger partial charge in [-0.05, 0) is 68.3 Å². The molecule has 7 heteroatoms. The van der Waals surface area contributed by atoms with Crippen LogP contribution in [0.2, 0.25) is 0 Å². The van der Waals surface area contributed by atoms with Gasteiger partial charge in [-0.2, -0.15) is 0 Å². The SMILES string of the molecule is CCOc1cc(-c2ccc(OC(=O)c3ccncc3)c(OC)c2)cc(=O)c2c(C)oc(C)c12. The third-order valence-corrected chi connectivity index (χ3v) is 5.24. The molecule has 0 N–H and O–H groups in total. The summed E-state index contributed by atoms with van der Waals surface area (Å²) in [7, 11) is 1.49. The lowest BCUT2D eigenvalue weighted by atomic mass is 10.1. The summed E-state index contributed by atoms with van der Waals surface area (Å²) in [6.45, 7) is 5.89. The van der Waals surface area contributed by atoms with Crippen molar-refractivity contribution in [3.8, 4) is 28.4 Å². The van der Waals surface area contributed by atoms with Crippen LogP contribution >= 0.6 is 0 Å². The van der Waals surface area contributed by atoms with Crippen LogP contribution < -0.4 is 19.6 Å². The van der Waals surface area contributed by atoms with Gasteiger partial charge in [-0.1, -0.05) is 6.07 Å². The van der Waals surface area contributed by atoms with Crippen LogP contribution in [0.3, 0.4) is 0 Å². The van der Waals surface area contributed by atoms with Crippen molar-refractivity contribution in [1.82, 2.24) is 4.98 Å². The van der Waals surface area contributed by atoms with Crippen LogP contribution in [0.25, 0.3) is 21.9 Å². The Kier molecular flexibility index (Phi) is 6.13. The van der Waals surface area contributed by atoms with Crippen molar-refractivity contribution < 1.29 is 23.4 Å². The van der Waals surface area contributed by atoms with E-state index in [9.17, 15) is 9.59 Å². The molecule has 0 aliphatic rings. The van der Waals surface area contributed by atoms with E-state index in [4.69, 9.17) is 18.6 Å². The van der Waals surface area contributed by atoms with E-state index in [1.165, 1.54) is 19.5 Å². The van der Waals surface area contributed by atoms with Crippen LogP contribution in [0, 0.1) is 13.8 Å². The molecule has 2 aromatic carbocycles. The summed E-state index contributed by atoms with van der Waals surface area (Å²) < 4.78 is 22.5. The van der Waals surface area contributed by atoms with Crippen molar-refractivity contribution in [3.05, 3.63) is 82.2 Å². The van der Waals surface area contributed by atoms with Crippen molar-refractivity contribution in [3.63, 3.8) is 0 Å². The maximum atomic E-state index is 13.1. The lowest BCUT2D eigenvalue weighted by Gasteiger charge is -2.11.